The van der Waals surface area contributed by atoms with Gasteiger partial charge in [-0.25, -0.2) is 0 Å². The van der Waals surface area contributed by atoms with Crippen LogP contribution in [0.15, 0.2) is 24.3 Å². The fourth-order valence-electron chi connectivity index (χ4n) is 1.61. The van der Waals surface area contributed by atoms with Gasteiger partial charge in [-0.2, -0.15) is 0 Å². The van der Waals surface area contributed by atoms with Gasteiger partial charge in [0.25, 0.3) is 5.91 Å². The highest BCUT2D eigenvalue weighted by atomic mass is 16.5. The Morgan fingerprint density at radius 3 is 2.74 bits per heavy atom. The molecule has 0 saturated carbocycles. The molecule has 4 nitrogen and oxygen atoms in total. The average Bonchev–Trinajstić information content (AvgIpc) is 2.43. The molecule has 106 valence electrons. The molecule has 0 aliphatic carbocycles. The predicted molar refractivity (Wildman–Crippen MR) is 77.2 cm³/mol. The summed E-state index contributed by atoms with van der Waals surface area (Å²) >= 11 is 0. The number of benzene rings is 1. The van der Waals surface area contributed by atoms with E-state index in [4.69, 9.17) is 4.74 Å². The maximum Gasteiger partial charge on any atom is 0.258 e. The monoisotopic (exact) mass is 264 g/mol. The Balaban J connectivity index is 2.50. The smallest absolute Gasteiger partial charge is 0.258 e. The molecule has 0 radical (unpaired) electrons. The van der Waals surface area contributed by atoms with Crippen LogP contribution >= 0.6 is 0 Å². The fourth-order valence-corrected chi connectivity index (χ4v) is 1.61. The van der Waals surface area contributed by atoms with E-state index in [2.05, 4.69) is 17.6 Å². The molecule has 19 heavy (non-hydrogen) atoms. The van der Waals surface area contributed by atoms with Gasteiger partial charge in [0, 0.05) is 18.2 Å². The average molecular weight is 264 g/mol. The van der Waals surface area contributed by atoms with E-state index in [9.17, 15) is 4.79 Å². The summed E-state index contributed by atoms with van der Waals surface area (Å²) < 4.78 is 5.59. The standard InChI is InChI=1S/C15H24N2O2/c1-4-12(3)17-15(18)11-19-14-9-7-6-8-13(14)10-16-5-2/h6-9,12,16H,4-5,10-11H2,1-3H3,(H,17,18). The Hall–Kier alpha value is -1.55. The van der Waals surface area contributed by atoms with Gasteiger partial charge >= 0.3 is 0 Å². The maximum absolute atomic E-state index is 11.7. The van der Waals surface area contributed by atoms with Gasteiger partial charge < -0.3 is 15.4 Å². The van der Waals surface area contributed by atoms with Crippen LogP contribution in [0.4, 0.5) is 0 Å². The quantitative estimate of drug-likeness (QED) is 0.756. The predicted octanol–water partition coefficient (Wildman–Crippen LogP) is 2.09. The van der Waals surface area contributed by atoms with Crippen LogP contribution in [-0.4, -0.2) is 25.1 Å². The van der Waals surface area contributed by atoms with Gasteiger partial charge in [0.15, 0.2) is 6.61 Å². The number of carbonyl (C=O) groups excluding carboxylic acids is 1. The van der Waals surface area contributed by atoms with Gasteiger partial charge in [0.1, 0.15) is 5.75 Å². The van der Waals surface area contributed by atoms with Crippen molar-refractivity contribution in [3.05, 3.63) is 29.8 Å². The molecule has 0 aliphatic rings. The van der Waals surface area contributed by atoms with E-state index in [-0.39, 0.29) is 18.6 Å². The summed E-state index contributed by atoms with van der Waals surface area (Å²) in [5, 5.41) is 6.14. The van der Waals surface area contributed by atoms with E-state index in [0.717, 1.165) is 30.8 Å². The molecule has 1 atom stereocenters. The van der Waals surface area contributed by atoms with Crippen molar-refractivity contribution in [2.75, 3.05) is 13.2 Å². The van der Waals surface area contributed by atoms with Crippen molar-refractivity contribution >= 4 is 5.91 Å². The molecule has 0 aliphatic heterocycles. The fraction of sp³-hybridized carbons (Fsp3) is 0.533. The molecule has 1 aromatic carbocycles. The molecule has 1 aromatic rings. The molecule has 4 heteroatoms. The number of rotatable bonds is 8. The third-order valence-corrected chi connectivity index (χ3v) is 2.92. The zero-order chi connectivity index (χ0) is 14.1. The van der Waals surface area contributed by atoms with E-state index in [1.165, 1.54) is 0 Å². The Kier molecular flexibility index (Phi) is 6.97. The van der Waals surface area contributed by atoms with Crippen molar-refractivity contribution in [2.45, 2.75) is 39.8 Å². The molecule has 1 unspecified atom stereocenters. The summed E-state index contributed by atoms with van der Waals surface area (Å²) in [6, 6.07) is 7.97. The van der Waals surface area contributed by atoms with Crippen molar-refractivity contribution < 1.29 is 9.53 Å². The lowest BCUT2D eigenvalue weighted by molar-refractivity contribution is -0.123. The third-order valence-electron chi connectivity index (χ3n) is 2.92. The summed E-state index contributed by atoms with van der Waals surface area (Å²) in [6.45, 7) is 7.80. The van der Waals surface area contributed by atoms with E-state index in [1.54, 1.807) is 0 Å². The first kappa shape index (κ1) is 15.5. The summed E-state index contributed by atoms with van der Waals surface area (Å²) in [5.41, 5.74) is 1.07. The number of carbonyl (C=O) groups is 1. The lowest BCUT2D eigenvalue weighted by atomic mass is 10.2. The second-order valence-corrected chi connectivity index (χ2v) is 4.55. The third kappa shape index (κ3) is 5.75. The van der Waals surface area contributed by atoms with E-state index < -0.39 is 0 Å². The maximum atomic E-state index is 11.7. The highest BCUT2D eigenvalue weighted by Gasteiger charge is 2.08. The summed E-state index contributed by atoms with van der Waals surface area (Å²) in [5.74, 6) is 0.690. The zero-order valence-corrected chi connectivity index (χ0v) is 12.0. The molecule has 0 fully saturated rings. The van der Waals surface area contributed by atoms with Crippen LogP contribution in [0.5, 0.6) is 5.75 Å². The minimum absolute atomic E-state index is 0.0630. The van der Waals surface area contributed by atoms with E-state index >= 15 is 0 Å². The summed E-state index contributed by atoms with van der Waals surface area (Å²) in [4.78, 5) is 11.7. The molecule has 0 aromatic heterocycles. The number of nitrogens with one attached hydrogen (secondary N) is 2. The van der Waals surface area contributed by atoms with Crippen molar-refractivity contribution in [1.29, 1.82) is 0 Å². The van der Waals surface area contributed by atoms with Gasteiger partial charge in [-0.05, 0) is 26.0 Å². The lowest BCUT2D eigenvalue weighted by Gasteiger charge is -2.14. The molecule has 0 bridgehead atoms. The first-order valence-electron chi connectivity index (χ1n) is 6.88. The molecule has 1 amide bonds. The molecule has 0 spiro atoms. The minimum Gasteiger partial charge on any atom is -0.483 e. The Morgan fingerprint density at radius 2 is 2.05 bits per heavy atom. The topological polar surface area (TPSA) is 50.4 Å². The molecular weight excluding hydrogens is 240 g/mol. The number of ether oxygens (including phenoxy) is 1. The number of amides is 1. The van der Waals surface area contributed by atoms with Gasteiger partial charge in [0.05, 0.1) is 0 Å². The van der Waals surface area contributed by atoms with Gasteiger partial charge in [0.2, 0.25) is 0 Å². The largest absolute Gasteiger partial charge is 0.483 e. The number of hydrogen-bond acceptors (Lipinski definition) is 3. The van der Waals surface area contributed by atoms with E-state index in [1.807, 2.05) is 38.1 Å². The van der Waals surface area contributed by atoms with Crippen LogP contribution in [0.1, 0.15) is 32.8 Å². The summed E-state index contributed by atoms with van der Waals surface area (Å²) in [7, 11) is 0. The van der Waals surface area contributed by atoms with Crippen molar-refractivity contribution in [3.8, 4) is 5.75 Å². The first-order valence-corrected chi connectivity index (χ1v) is 6.88. The van der Waals surface area contributed by atoms with Gasteiger partial charge in [-0.15, -0.1) is 0 Å². The minimum atomic E-state index is -0.0763. The second-order valence-electron chi connectivity index (χ2n) is 4.55. The Morgan fingerprint density at radius 1 is 1.32 bits per heavy atom. The van der Waals surface area contributed by atoms with Crippen LogP contribution in [0.25, 0.3) is 0 Å². The van der Waals surface area contributed by atoms with Crippen LogP contribution in [0.3, 0.4) is 0 Å². The van der Waals surface area contributed by atoms with Gasteiger partial charge in [-0.1, -0.05) is 32.0 Å². The van der Waals surface area contributed by atoms with Crippen molar-refractivity contribution in [2.24, 2.45) is 0 Å². The second kappa shape index (κ2) is 8.53. The first-order chi connectivity index (χ1) is 9.17. The number of para-hydroxylation sites is 1. The molecular formula is C15H24N2O2. The van der Waals surface area contributed by atoms with Crippen LogP contribution < -0.4 is 15.4 Å². The number of hydrogen-bond donors (Lipinski definition) is 2. The highest BCUT2D eigenvalue weighted by molar-refractivity contribution is 5.77. The van der Waals surface area contributed by atoms with Gasteiger partial charge in [-0.3, -0.25) is 4.79 Å². The molecule has 0 heterocycles. The summed E-state index contributed by atoms with van der Waals surface area (Å²) in [6.07, 6.45) is 0.919. The van der Waals surface area contributed by atoms with Crippen molar-refractivity contribution in [3.63, 3.8) is 0 Å². The lowest BCUT2D eigenvalue weighted by Crippen LogP contribution is -2.35. The van der Waals surface area contributed by atoms with Crippen LogP contribution in [0.2, 0.25) is 0 Å². The van der Waals surface area contributed by atoms with Crippen LogP contribution in [0, 0.1) is 0 Å². The molecule has 2 N–H and O–H groups in total. The van der Waals surface area contributed by atoms with Crippen molar-refractivity contribution in [1.82, 2.24) is 10.6 Å². The van der Waals surface area contributed by atoms with E-state index in [0.29, 0.717) is 0 Å². The molecule has 0 saturated heterocycles. The highest BCUT2D eigenvalue weighted by Crippen LogP contribution is 2.17. The Labute approximate surface area is 115 Å². The Bertz CT molecular complexity index is 393. The molecule has 1 rings (SSSR count). The normalized spacial score (nSPS) is 11.9. The zero-order valence-electron chi connectivity index (χ0n) is 12.0. The SMILES string of the molecule is CCNCc1ccccc1OCC(=O)NC(C)CC. The van der Waals surface area contributed by atoms with Crippen LogP contribution in [-0.2, 0) is 11.3 Å².